The molecule has 0 amide bonds. The molecule has 3 N–H and O–H groups in total. The van der Waals surface area contributed by atoms with E-state index in [1.165, 1.54) is 12.8 Å². The highest BCUT2D eigenvalue weighted by molar-refractivity contribution is 5.77. The fourth-order valence-corrected chi connectivity index (χ4v) is 2.03. The lowest BCUT2D eigenvalue weighted by Crippen LogP contribution is -2.32. The number of nitrogens with one attached hydrogen (secondary N) is 1. The van der Waals surface area contributed by atoms with Gasteiger partial charge in [0, 0.05) is 25.3 Å². The van der Waals surface area contributed by atoms with Crippen molar-refractivity contribution in [2.24, 2.45) is 16.6 Å². The predicted octanol–water partition coefficient (Wildman–Crippen LogP) is 2.31. The predicted molar refractivity (Wildman–Crippen MR) is 89.1 cm³/mol. The van der Waals surface area contributed by atoms with Crippen molar-refractivity contribution in [1.29, 1.82) is 0 Å². The van der Waals surface area contributed by atoms with Crippen molar-refractivity contribution in [2.45, 2.75) is 32.7 Å². The highest BCUT2D eigenvalue weighted by Gasteiger charge is 2.22. The van der Waals surface area contributed by atoms with Gasteiger partial charge in [0.1, 0.15) is 5.75 Å². The second kappa shape index (κ2) is 9.30. The Kier molecular flexibility index (Phi) is 7.03. The maximum atomic E-state index is 5.88. The van der Waals surface area contributed by atoms with E-state index < -0.39 is 0 Å². The number of guanidine groups is 1. The number of para-hydroxylation sites is 1. The lowest BCUT2D eigenvalue weighted by atomic mass is 10.2. The number of ether oxygens (including phenoxy) is 2. The molecule has 1 aromatic carbocycles. The summed E-state index contributed by atoms with van der Waals surface area (Å²) in [7, 11) is 0. The fourth-order valence-electron chi connectivity index (χ4n) is 2.03. The molecule has 0 heterocycles. The van der Waals surface area contributed by atoms with Crippen molar-refractivity contribution in [3.05, 3.63) is 29.8 Å². The third-order valence-electron chi connectivity index (χ3n) is 3.54. The summed E-state index contributed by atoms with van der Waals surface area (Å²) in [5.74, 6) is 2.13. The van der Waals surface area contributed by atoms with Crippen molar-refractivity contribution in [1.82, 2.24) is 5.32 Å². The molecule has 0 unspecified atom stereocenters. The molecule has 1 aliphatic rings. The van der Waals surface area contributed by atoms with Gasteiger partial charge in [-0.15, -0.1) is 0 Å². The number of rotatable bonds is 10. The minimum absolute atomic E-state index is 0.466. The van der Waals surface area contributed by atoms with Gasteiger partial charge in [-0.1, -0.05) is 18.2 Å². The number of benzene rings is 1. The van der Waals surface area contributed by atoms with Gasteiger partial charge in [0.2, 0.25) is 0 Å². The molecule has 5 nitrogen and oxygen atoms in total. The van der Waals surface area contributed by atoms with Gasteiger partial charge in [-0.2, -0.15) is 0 Å². The number of hydrogen-bond acceptors (Lipinski definition) is 3. The summed E-state index contributed by atoms with van der Waals surface area (Å²) in [5.41, 5.74) is 6.95. The highest BCUT2D eigenvalue weighted by Crippen LogP contribution is 2.30. The standard InChI is InChI=1S/C17H27N3O2/c1-2-21-11-5-10-19-17(18)20-12-15-6-3-4-7-16(15)22-13-14-8-9-14/h3-4,6-7,14H,2,5,8-13H2,1H3,(H3,18,19,20). The van der Waals surface area contributed by atoms with Crippen LogP contribution in [-0.4, -0.2) is 32.3 Å². The Morgan fingerprint density at radius 1 is 1.36 bits per heavy atom. The second-order valence-electron chi connectivity index (χ2n) is 5.54. The molecule has 5 heteroatoms. The van der Waals surface area contributed by atoms with E-state index in [0.29, 0.717) is 12.5 Å². The molecule has 0 atom stereocenters. The molecule has 1 fully saturated rings. The third-order valence-corrected chi connectivity index (χ3v) is 3.54. The van der Waals surface area contributed by atoms with E-state index in [2.05, 4.69) is 10.3 Å². The molecular weight excluding hydrogens is 278 g/mol. The molecule has 22 heavy (non-hydrogen) atoms. The van der Waals surface area contributed by atoms with E-state index in [1.54, 1.807) is 0 Å². The summed E-state index contributed by atoms with van der Waals surface area (Å²) < 4.78 is 11.1. The molecule has 0 aromatic heterocycles. The zero-order valence-corrected chi connectivity index (χ0v) is 13.4. The van der Waals surface area contributed by atoms with Crippen LogP contribution in [0.15, 0.2) is 29.3 Å². The minimum atomic E-state index is 0.466. The molecule has 1 aromatic rings. The molecule has 122 valence electrons. The maximum Gasteiger partial charge on any atom is 0.188 e. The van der Waals surface area contributed by atoms with Crippen LogP contribution in [0, 0.1) is 5.92 Å². The number of nitrogens with two attached hydrogens (primary N) is 1. The molecule has 2 rings (SSSR count). The molecule has 0 spiro atoms. The van der Waals surface area contributed by atoms with Gasteiger partial charge >= 0.3 is 0 Å². The fraction of sp³-hybridized carbons (Fsp3) is 0.588. The first-order valence-electron chi connectivity index (χ1n) is 8.11. The van der Waals surface area contributed by atoms with Gasteiger partial charge in [-0.05, 0) is 38.2 Å². The van der Waals surface area contributed by atoms with E-state index in [0.717, 1.165) is 50.0 Å². The van der Waals surface area contributed by atoms with Crippen molar-refractivity contribution < 1.29 is 9.47 Å². The van der Waals surface area contributed by atoms with Crippen molar-refractivity contribution >= 4 is 5.96 Å². The van der Waals surface area contributed by atoms with Gasteiger partial charge < -0.3 is 20.5 Å². The van der Waals surface area contributed by atoms with E-state index in [9.17, 15) is 0 Å². The first-order valence-corrected chi connectivity index (χ1v) is 8.11. The summed E-state index contributed by atoms with van der Waals surface area (Å²) in [5, 5.41) is 3.10. The zero-order chi connectivity index (χ0) is 15.6. The first kappa shape index (κ1) is 16.6. The Bertz CT molecular complexity index is 473. The molecule has 0 aliphatic heterocycles. The third kappa shape index (κ3) is 6.35. The smallest absolute Gasteiger partial charge is 0.188 e. The Labute approximate surface area is 132 Å². The van der Waals surface area contributed by atoms with Gasteiger partial charge in [-0.3, -0.25) is 0 Å². The second-order valence-corrected chi connectivity index (χ2v) is 5.54. The van der Waals surface area contributed by atoms with Crippen LogP contribution in [0.3, 0.4) is 0 Å². The minimum Gasteiger partial charge on any atom is -0.493 e. The normalized spacial score (nSPS) is 14.9. The van der Waals surface area contributed by atoms with Crippen molar-refractivity contribution in [3.63, 3.8) is 0 Å². The van der Waals surface area contributed by atoms with Crippen molar-refractivity contribution in [3.8, 4) is 5.75 Å². The van der Waals surface area contributed by atoms with Crippen LogP contribution in [0.2, 0.25) is 0 Å². The van der Waals surface area contributed by atoms with E-state index in [4.69, 9.17) is 15.2 Å². The Balaban J connectivity index is 1.75. The molecular formula is C17H27N3O2. The van der Waals surface area contributed by atoms with Gasteiger partial charge in [0.15, 0.2) is 5.96 Å². The van der Waals surface area contributed by atoms with Crippen LogP contribution in [-0.2, 0) is 11.3 Å². The number of nitrogens with zero attached hydrogens (tertiary/aromatic N) is 1. The van der Waals surface area contributed by atoms with Crippen LogP contribution in [0.25, 0.3) is 0 Å². The SMILES string of the molecule is CCOCCCNC(N)=NCc1ccccc1OCC1CC1. The number of hydrogen-bond donors (Lipinski definition) is 2. The van der Waals surface area contributed by atoms with E-state index in [1.807, 2.05) is 31.2 Å². The molecule has 0 bridgehead atoms. The quantitative estimate of drug-likeness (QED) is 0.395. The van der Waals surface area contributed by atoms with Crippen LogP contribution in [0.1, 0.15) is 31.7 Å². The van der Waals surface area contributed by atoms with Gasteiger partial charge in [0.05, 0.1) is 13.2 Å². The van der Waals surface area contributed by atoms with Crippen molar-refractivity contribution in [2.75, 3.05) is 26.4 Å². The number of aliphatic imine (C=N–C) groups is 1. The highest BCUT2D eigenvalue weighted by atomic mass is 16.5. The Hall–Kier alpha value is -1.75. The Morgan fingerprint density at radius 2 is 2.18 bits per heavy atom. The summed E-state index contributed by atoms with van der Waals surface area (Å²) in [4.78, 5) is 4.38. The van der Waals surface area contributed by atoms with Gasteiger partial charge in [0.25, 0.3) is 0 Å². The van der Waals surface area contributed by atoms with Gasteiger partial charge in [-0.25, -0.2) is 4.99 Å². The summed E-state index contributed by atoms with van der Waals surface area (Å²) in [6.07, 6.45) is 3.50. The topological polar surface area (TPSA) is 68.9 Å². The van der Waals surface area contributed by atoms with E-state index >= 15 is 0 Å². The largest absolute Gasteiger partial charge is 0.493 e. The first-order chi connectivity index (χ1) is 10.8. The van der Waals surface area contributed by atoms with Crippen LogP contribution >= 0.6 is 0 Å². The average Bonchev–Trinajstić information content (AvgIpc) is 3.36. The zero-order valence-electron chi connectivity index (χ0n) is 13.4. The summed E-state index contributed by atoms with van der Waals surface area (Å²) in [6, 6.07) is 8.03. The Morgan fingerprint density at radius 3 is 2.95 bits per heavy atom. The molecule has 0 saturated heterocycles. The molecule has 0 radical (unpaired) electrons. The molecule has 1 saturated carbocycles. The maximum absolute atomic E-state index is 5.88. The summed E-state index contributed by atoms with van der Waals surface area (Å²) in [6.45, 7) is 5.61. The average molecular weight is 305 g/mol. The molecule has 1 aliphatic carbocycles. The van der Waals surface area contributed by atoms with Crippen LogP contribution in [0.5, 0.6) is 5.75 Å². The van der Waals surface area contributed by atoms with E-state index in [-0.39, 0.29) is 0 Å². The van der Waals surface area contributed by atoms with Crippen LogP contribution in [0.4, 0.5) is 0 Å². The lowest BCUT2D eigenvalue weighted by Gasteiger charge is -2.10. The lowest BCUT2D eigenvalue weighted by molar-refractivity contribution is 0.145. The summed E-state index contributed by atoms with van der Waals surface area (Å²) >= 11 is 0. The van der Waals surface area contributed by atoms with Crippen LogP contribution < -0.4 is 15.8 Å². The monoisotopic (exact) mass is 305 g/mol.